The van der Waals surface area contributed by atoms with Gasteiger partial charge >= 0.3 is 0 Å². The molecule has 0 saturated carbocycles. The number of aliphatic hydroxyl groups is 1. The Morgan fingerprint density at radius 1 is 1.00 bits per heavy atom. The summed E-state index contributed by atoms with van der Waals surface area (Å²) in [7, 11) is 4.21. The SMILES string of the molecule is CN(CCCO)CCN(C)Cc1ccc(Cl)cc1. The third kappa shape index (κ3) is 6.36. The lowest BCUT2D eigenvalue weighted by molar-refractivity contribution is 0.223. The van der Waals surface area contributed by atoms with Crippen molar-refractivity contribution in [2.45, 2.75) is 13.0 Å². The summed E-state index contributed by atoms with van der Waals surface area (Å²) >= 11 is 5.86. The zero-order chi connectivity index (χ0) is 13.4. The molecule has 0 amide bonds. The molecule has 0 bridgehead atoms. The molecule has 0 aliphatic carbocycles. The Kier molecular flexibility index (Phi) is 7.28. The van der Waals surface area contributed by atoms with Crippen LogP contribution in [0.4, 0.5) is 0 Å². The number of hydrogen-bond acceptors (Lipinski definition) is 3. The Hall–Kier alpha value is -0.610. The maximum Gasteiger partial charge on any atom is 0.0443 e. The van der Waals surface area contributed by atoms with E-state index < -0.39 is 0 Å². The highest BCUT2D eigenvalue weighted by Crippen LogP contribution is 2.10. The van der Waals surface area contributed by atoms with Crippen molar-refractivity contribution in [3.8, 4) is 0 Å². The first-order chi connectivity index (χ1) is 8.61. The Labute approximate surface area is 115 Å². The highest BCUT2D eigenvalue weighted by atomic mass is 35.5. The first-order valence-corrected chi connectivity index (χ1v) is 6.72. The minimum atomic E-state index is 0.269. The summed E-state index contributed by atoms with van der Waals surface area (Å²) in [5, 5.41) is 9.54. The van der Waals surface area contributed by atoms with Crippen LogP contribution in [0.25, 0.3) is 0 Å². The van der Waals surface area contributed by atoms with Gasteiger partial charge in [-0.2, -0.15) is 0 Å². The molecule has 0 saturated heterocycles. The van der Waals surface area contributed by atoms with E-state index in [0.29, 0.717) is 0 Å². The molecule has 1 rings (SSSR count). The zero-order valence-electron chi connectivity index (χ0n) is 11.3. The molecule has 0 aliphatic rings. The Balaban J connectivity index is 2.24. The number of rotatable bonds is 8. The van der Waals surface area contributed by atoms with Gasteiger partial charge in [0.15, 0.2) is 0 Å². The van der Waals surface area contributed by atoms with Gasteiger partial charge in [0.25, 0.3) is 0 Å². The quantitative estimate of drug-likeness (QED) is 0.784. The molecule has 0 fully saturated rings. The number of aliphatic hydroxyl groups excluding tert-OH is 1. The minimum absolute atomic E-state index is 0.269. The maximum atomic E-state index is 8.76. The summed E-state index contributed by atoms with van der Waals surface area (Å²) < 4.78 is 0. The molecule has 0 spiro atoms. The molecule has 1 aromatic carbocycles. The molecular formula is C14H23ClN2O. The second kappa shape index (κ2) is 8.48. The van der Waals surface area contributed by atoms with Crippen molar-refractivity contribution in [3.63, 3.8) is 0 Å². The monoisotopic (exact) mass is 270 g/mol. The average molecular weight is 271 g/mol. The minimum Gasteiger partial charge on any atom is -0.396 e. The van der Waals surface area contributed by atoms with Gasteiger partial charge in [0.1, 0.15) is 0 Å². The van der Waals surface area contributed by atoms with Gasteiger partial charge in [-0.15, -0.1) is 0 Å². The fourth-order valence-corrected chi connectivity index (χ4v) is 1.90. The van der Waals surface area contributed by atoms with Crippen LogP contribution in [0.2, 0.25) is 5.02 Å². The zero-order valence-corrected chi connectivity index (χ0v) is 12.0. The topological polar surface area (TPSA) is 26.7 Å². The Bertz CT molecular complexity index is 329. The van der Waals surface area contributed by atoms with E-state index in [1.54, 1.807) is 0 Å². The molecule has 3 nitrogen and oxygen atoms in total. The average Bonchev–Trinajstić information content (AvgIpc) is 2.36. The molecule has 0 atom stereocenters. The second-order valence-corrected chi connectivity index (χ2v) is 5.18. The standard InChI is InChI=1S/C14H23ClN2O/c1-16(8-3-11-18)9-10-17(2)12-13-4-6-14(15)7-5-13/h4-7,18H,3,8-12H2,1-2H3. The molecule has 0 radical (unpaired) electrons. The van der Waals surface area contributed by atoms with Crippen LogP contribution in [0.15, 0.2) is 24.3 Å². The van der Waals surface area contributed by atoms with Crippen LogP contribution in [0, 0.1) is 0 Å². The van der Waals surface area contributed by atoms with Crippen molar-refractivity contribution in [1.82, 2.24) is 9.80 Å². The molecule has 0 aliphatic heterocycles. The van der Waals surface area contributed by atoms with E-state index in [0.717, 1.165) is 37.6 Å². The molecule has 0 heterocycles. The van der Waals surface area contributed by atoms with Crippen LogP contribution in [-0.2, 0) is 6.54 Å². The largest absolute Gasteiger partial charge is 0.396 e. The molecule has 1 N–H and O–H groups in total. The predicted molar refractivity (Wildman–Crippen MR) is 77.0 cm³/mol. The molecule has 1 aromatic rings. The fraction of sp³-hybridized carbons (Fsp3) is 0.571. The normalized spacial score (nSPS) is 11.4. The summed E-state index contributed by atoms with van der Waals surface area (Å²) in [6, 6.07) is 7.98. The van der Waals surface area contributed by atoms with E-state index in [2.05, 4.69) is 36.0 Å². The first-order valence-electron chi connectivity index (χ1n) is 6.34. The van der Waals surface area contributed by atoms with Gasteiger partial charge in [-0.25, -0.2) is 0 Å². The molecular weight excluding hydrogens is 248 g/mol. The van der Waals surface area contributed by atoms with Gasteiger partial charge in [0, 0.05) is 37.8 Å². The summed E-state index contributed by atoms with van der Waals surface area (Å²) in [6.45, 7) is 4.19. The third-order valence-corrected chi connectivity index (χ3v) is 3.18. The van der Waals surface area contributed by atoms with Crippen LogP contribution in [0.5, 0.6) is 0 Å². The third-order valence-electron chi connectivity index (χ3n) is 2.93. The predicted octanol–water partition coefficient (Wildman–Crippen LogP) is 2.09. The summed E-state index contributed by atoms with van der Waals surface area (Å²) in [5.74, 6) is 0. The van der Waals surface area contributed by atoms with Crippen LogP contribution in [-0.4, -0.2) is 55.2 Å². The number of nitrogens with zero attached hydrogens (tertiary/aromatic N) is 2. The highest BCUT2D eigenvalue weighted by molar-refractivity contribution is 6.30. The van der Waals surface area contributed by atoms with Gasteiger partial charge in [0.2, 0.25) is 0 Å². The van der Waals surface area contributed by atoms with Crippen molar-refractivity contribution < 1.29 is 5.11 Å². The van der Waals surface area contributed by atoms with Gasteiger partial charge < -0.3 is 14.9 Å². The van der Waals surface area contributed by atoms with E-state index in [1.165, 1.54) is 5.56 Å². The fourth-order valence-electron chi connectivity index (χ4n) is 1.77. The van der Waals surface area contributed by atoms with Crippen molar-refractivity contribution in [2.75, 3.05) is 40.3 Å². The lowest BCUT2D eigenvalue weighted by atomic mass is 10.2. The van der Waals surface area contributed by atoms with Gasteiger partial charge in [-0.3, -0.25) is 0 Å². The van der Waals surface area contributed by atoms with Crippen LogP contribution in [0.3, 0.4) is 0 Å². The lowest BCUT2D eigenvalue weighted by Crippen LogP contribution is -2.31. The smallest absolute Gasteiger partial charge is 0.0443 e. The van der Waals surface area contributed by atoms with E-state index in [9.17, 15) is 0 Å². The number of likely N-dealkylation sites (N-methyl/N-ethyl adjacent to an activating group) is 2. The Morgan fingerprint density at radius 2 is 1.61 bits per heavy atom. The van der Waals surface area contributed by atoms with Crippen molar-refractivity contribution in [3.05, 3.63) is 34.9 Å². The van der Waals surface area contributed by atoms with E-state index in [1.807, 2.05) is 12.1 Å². The van der Waals surface area contributed by atoms with Gasteiger partial charge in [-0.1, -0.05) is 23.7 Å². The highest BCUT2D eigenvalue weighted by Gasteiger charge is 2.03. The summed E-state index contributed by atoms with van der Waals surface area (Å²) in [4.78, 5) is 4.53. The molecule has 0 aromatic heterocycles. The molecule has 0 unspecified atom stereocenters. The lowest BCUT2D eigenvalue weighted by Gasteiger charge is -2.21. The number of benzene rings is 1. The van der Waals surface area contributed by atoms with Gasteiger partial charge in [0.05, 0.1) is 0 Å². The maximum absolute atomic E-state index is 8.76. The number of halogens is 1. The first kappa shape index (κ1) is 15.4. The molecule has 102 valence electrons. The van der Waals surface area contributed by atoms with E-state index in [-0.39, 0.29) is 6.61 Å². The van der Waals surface area contributed by atoms with Crippen LogP contribution >= 0.6 is 11.6 Å². The van der Waals surface area contributed by atoms with Crippen molar-refractivity contribution in [2.24, 2.45) is 0 Å². The van der Waals surface area contributed by atoms with Crippen molar-refractivity contribution in [1.29, 1.82) is 0 Å². The van der Waals surface area contributed by atoms with Crippen LogP contribution in [0.1, 0.15) is 12.0 Å². The summed E-state index contributed by atoms with van der Waals surface area (Å²) in [5.41, 5.74) is 1.28. The van der Waals surface area contributed by atoms with E-state index in [4.69, 9.17) is 16.7 Å². The van der Waals surface area contributed by atoms with Crippen molar-refractivity contribution >= 4 is 11.6 Å². The second-order valence-electron chi connectivity index (χ2n) is 4.74. The molecule has 18 heavy (non-hydrogen) atoms. The van der Waals surface area contributed by atoms with E-state index >= 15 is 0 Å². The Morgan fingerprint density at radius 3 is 2.22 bits per heavy atom. The summed E-state index contributed by atoms with van der Waals surface area (Å²) in [6.07, 6.45) is 0.845. The number of hydrogen-bond donors (Lipinski definition) is 1. The van der Waals surface area contributed by atoms with Gasteiger partial charge in [-0.05, 0) is 38.2 Å². The molecule has 4 heteroatoms. The van der Waals surface area contributed by atoms with Crippen LogP contribution < -0.4 is 0 Å².